The highest BCUT2D eigenvalue weighted by atomic mass is 32.1. The molecular formula is C21H18N4O2S. The van der Waals surface area contributed by atoms with Crippen LogP contribution in [0.3, 0.4) is 0 Å². The van der Waals surface area contributed by atoms with Crippen LogP contribution in [0.5, 0.6) is 0 Å². The number of nitrogens with two attached hydrogens (primary N) is 1. The molecule has 4 rings (SSSR count). The molecule has 2 amide bonds. The van der Waals surface area contributed by atoms with Crippen molar-refractivity contribution in [3.63, 3.8) is 0 Å². The van der Waals surface area contributed by atoms with Crippen LogP contribution in [0.4, 0.5) is 5.69 Å². The molecule has 3 N–H and O–H groups in total. The van der Waals surface area contributed by atoms with Crippen molar-refractivity contribution < 1.29 is 9.59 Å². The standard InChI is InChI=1S/C21H18N4O2S/c22-20(27)16-8-4-5-9-17(16)23-19(26)11-10-15-13-28-21-24-18(12-25(15)21)14-6-2-1-3-7-14/h1-9,12-13H,10-11H2,(H2,22,27)(H,23,26). The number of hydrogen-bond acceptors (Lipinski definition) is 4. The minimum absolute atomic E-state index is 0.170. The lowest BCUT2D eigenvalue weighted by Gasteiger charge is -2.08. The number of nitrogens with zero attached hydrogens (tertiary/aromatic N) is 2. The number of imidazole rings is 1. The minimum Gasteiger partial charge on any atom is -0.366 e. The summed E-state index contributed by atoms with van der Waals surface area (Å²) in [7, 11) is 0. The summed E-state index contributed by atoms with van der Waals surface area (Å²) in [5, 5.41) is 4.79. The van der Waals surface area contributed by atoms with Crippen LogP contribution in [0.25, 0.3) is 16.2 Å². The van der Waals surface area contributed by atoms with Crippen LogP contribution in [0.2, 0.25) is 0 Å². The lowest BCUT2D eigenvalue weighted by molar-refractivity contribution is -0.116. The van der Waals surface area contributed by atoms with E-state index in [-0.39, 0.29) is 12.3 Å². The number of thiazole rings is 1. The van der Waals surface area contributed by atoms with Gasteiger partial charge in [0.1, 0.15) is 0 Å². The number of aromatic nitrogens is 2. The maximum atomic E-state index is 12.4. The van der Waals surface area contributed by atoms with Crippen molar-refractivity contribution in [3.8, 4) is 11.3 Å². The van der Waals surface area contributed by atoms with Crippen LogP contribution in [0, 0.1) is 0 Å². The molecule has 6 nitrogen and oxygen atoms in total. The Labute approximate surface area is 165 Å². The molecule has 0 fully saturated rings. The van der Waals surface area contributed by atoms with Gasteiger partial charge in [0.15, 0.2) is 4.96 Å². The van der Waals surface area contributed by atoms with Crippen LogP contribution >= 0.6 is 11.3 Å². The molecule has 140 valence electrons. The maximum Gasteiger partial charge on any atom is 0.250 e. The van der Waals surface area contributed by atoms with E-state index in [0.29, 0.717) is 17.7 Å². The number of para-hydroxylation sites is 1. The van der Waals surface area contributed by atoms with Gasteiger partial charge in [-0.05, 0) is 18.6 Å². The molecule has 0 aliphatic rings. The van der Waals surface area contributed by atoms with E-state index < -0.39 is 5.91 Å². The highest BCUT2D eigenvalue weighted by Crippen LogP contribution is 2.24. The Hall–Kier alpha value is -3.45. The van der Waals surface area contributed by atoms with Gasteiger partial charge in [0, 0.05) is 29.3 Å². The van der Waals surface area contributed by atoms with Crippen molar-refractivity contribution in [3.05, 3.63) is 77.4 Å². The fraction of sp³-hybridized carbons (Fsp3) is 0.0952. The Morgan fingerprint density at radius 2 is 1.82 bits per heavy atom. The summed E-state index contributed by atoms with van der Waals surface area (Å²) in [5.74, 6) is -0.737. The lowest BCUT2D eigenvalue weighted by atomic mass is 10.1. The molecule has 0 aliphatic carbocycles. The molecule has 2 aromatic heterocycles. The summed E-state index contributed by atoms with van der Waals surface area (Å²) in [6.45, 7) is 0. The molecule has 7 heteroatoms. The van der Waals surface area contributed by atoms with Gasteiger partial charge in [-0.3, -0.25) is 14.0 Å². The summed E-state index contributed by atoms with van der Waals surface area (Å²) in [6.07, 6.45) is 2.85. The molecular weight excluding hydrogens is 372 g/mol. The van der Waals surface area contributed by atoms with Gasteiger partial charge in [-0.2, -0.15) is 0 Å². The van der Waals surface area contributed by atoms with Gasteiger partial charge >= 0.3 is 0 Å². The first-order valence-electron chi connectivity index (χ1n) is 8.81. The van der Waals surface area contributed by atoms with Crippen LogP contribution in [-0.2, 0) is 11.2 Å². The van der Waals surface area contributed by atoms with E-state index in [0.717, 1.165) is 21.9 Å². The first-order chi connectivity index (χ1) is 13.6. The molecule has 0 radical (unpaired) electrons. The third-order valence-electron chi connectivity index (χ3n) is 4.43. The first kappa shape index (κ1) is 17.9. The Balaban J connectivity index is 1.46. The molecule has 0 unspecified atom stereocenters. The van der Waals surface area contributed by atoms with Gasteiger partial charge in [0.25, 0.3) is 5.91 Å². The van der Waals surface area contributed by atoms with Gasteiger partial charge in [-0.25, -0.2) is 4.98 Å². The van der Waals surface area contributed by atoms with E-state index in [1.807, 2.05) is 46.3 Å². The van der Waals surface area contributed by atoms with E-state index in [4.69, 9.17) is 5.73 Å². The van der Waals surface area contributed by atoms with E-state index in [1.54, 1.807) is 35.6 Å². The highest BCUT2D eigenvalue weighted by Gasteiger charge is 2.13. The summed E-state index contributed by atoms with van der Waals surface area (Å²) in [5.41, 5.74) is 9.08. The van der Waals surface area contributed by atoms with Crippen molar-refractivity contribution in [1.82, 2.24) is 9.38 Å². The number of amides is 2. The van der Waals surface area contributed by atoms with Gasteiger partial charge in [-0.1, -0.05) is 42.5 Å². The maximum absolute atomic E-state index is 12.4. The Kier molecular flexibility index (Phi) is 4.90. The quantitative estimate of drug-likeness (QED) is 0.526. The summed E-state index contributed by atoms with van der Waals surface area (Å²) >= 11 is 1.55. The number of hydrogen-bond donors (Lipinski definition) is 2. The number of carbonyl (C=O) groups excluding carboxylic acids is 2. The fourth-order valence-corrected chi connectivity index (χ4v) is 3.93. The number of fused-ring (bicyclic) bond motifs is 1. The molecule has 0 bridgehead atoms. The Bertz CT molecular complexity index is 1150. The zero-order chi connectivity index (χ0) is 19.5. The van der Waals surface area contributed by atoms with Crippen LogP contribution in [0.15, 0.2) is 66.2 Å². The molecule has 0 saturated carbocycles. The number of nitrogens with one attached hydrogen (secondary N) is 1. The molecule has 0 atom stereocenters. The molecule has 0 spiro atoms. The lowest BCUT2D eigenvalue weighted by Crippen LogP contribution is -2.18. The number of rotatable bonds is 6. The van der Waals surface area contributed by atoms with Crippen LogP contribution in [0.1, 0.15) is 22.5 Å². The number of aryl methyl sites for hydroxylation is 1. The van der Waals surface area contributed by atoms with Gasteiger partial charge < -0.3 is 11.1 Å². The average molecular weight is 390 g/mol. The van der Waals surface area contributed by atoms with E-state index in [9.17, 15) is 9.59 Å². The van der Waals surface area contributed by atoms with Crippen molar-refractivity contribution in [2.75, 3.05) is 5.32 Å². The molecule has 0 aliphatic heterocycles. The van der Waals surface area contributed by atoms with Gasteiger partial charge in [0.05, 0.1) is 16.9 Å². The van der Waals surface area contributed by atoms with Crippen molar-refractivity contribution >= 4 is 33.8 Å². The van der Waals surface area contributed by atoms with E-state index in [1.165, 1.54) is 0 Å². The topological polar surface area (TPSA) is 89.5 Å². The molecule has 0 saturated heterocycles. The van der Waals surface area contributed by atoms with Crippen molar-refractivity contribution in [2.24, 2.45) is 5.73 Å². The third kappa shape index (κ3) is 3.65. The third-order valence-corrected chi connectivity index (χ3v) is 5.32. The number of primary amides is 1. The molecule has 4 aromatic rings. The number of anilines is 1. The average Bonchev–Trinajstić information content (AvgIpc) is 3.28. The molecule has 28 heavy (non-hydrogen) atoms. The minimum atomic E-state index is -0.567. The van der Waals surface area contributed by atoms with Crippen molar-refractivity contribution in [1.29, 1.82) is 0 Å². The zero-order valence-electron chi connectivity index (χ0n) is 15.0. The van der Waals surface area contributed by atoms with E-state index in [2.05, 4.69) is 10.3 Å². The smallest absolute Gasteiger partial charge is 0.250 e. The largest absolute Gasteiger partial charge is 0.366 e. The zero-order valence-corrected chi connectivity index (χ0v) is 15.8. The number of carbonyl (C=O) groups is 2. The monoisotopic (exact) mass is 390 g/mol. The van der Waals surface area contributed by atoms with Gasteiger partial charge in [0.2, 0.25) is 5.91 Å². The molecule has 2 aromatic carbocycles. The van der Waals surface area contributed by atoms with E-state index >= 15 is 0 Å². The second kappa shape index (κ2) is 7.66. The SMILES string of the molecule is NC(=O)c1ccccc1NC(=O)CCc1csc2nc(-c3ccccc3)cn12. The molecule has 2 heterocycles. The van der Waals surface area contributed by atoms with Crippen molar-refractivity contribution in [2.45, 2.75) is 12.8 Å². The summed E-state index contributed by atoms with van der Waals surface area (Å²) < 4.78 is 2.03. The van der Waals surface area contributed by atoms with Gasteiger partial charge in [-0.15, -0.1) is 11.3 Å². The number of benzene rings is 2. The van der Waals surface area contributed by atoms with Crippen LogP contribution in [-0.4, -0.2) is 21.2 Å². The second-order valence-electron chi connectivity index (χ2n) is 6.33. The summed E-state index contributed by atoms with van der Waals surface area (Å²) in [4.78, 5) is 29.4. The second-order valence-corrected chi connectivity index (χ2v) is 7.17. The highest BCUT2D eigenvalue weighted by molar-refractivity contribution is 7.15. The Morgan fingerprint density at radius 1 is 1.07 bits per heavy atom. The summed E-state index contributed by atoms with van der Waals surface area (Å²) in [6, 6.07) is 16.7. The van der Waals surface area contributed by atoms with Crippen LogP contribution < -0.4 is 11.1 Å². The fourth-order valence-electron chi connectivity index (χ4n) is 3.02. The first-order valence-corrected chi connectivity index (χ1v) is 9.69. The predicted octanol–water partition coefficient (Wildman–Crippen LogP) is 3.73. The predicted molar refractivity (Wildman–Crippen MR) is 110 cm³/mol. The normalized spacial score (nSPS) is 10.9. The Morgan fingerprint density at radius 3 is 2.61 bits per heavy atom.